The molecule has 0 spiro atoms. The van der Waals surface area contributed by atoms with Crippen LogP contribution < -0.4 is 5.56 Å². The van der Waals surface area contributed by atoms with Crippen LogP contribution in [0, 0.1) is 6.92 Å². The van der Waals surface area contributed by atoms with E-state index >= 15 is 0 Å². The maximum absolute atomic E-state index is 12.7. The van der Waals surface area contributed by atoms with Crippen molar-refractivity contribution < 1.29 is 5.11 Å². The number of hydrogen-bond acceptors (Lipinski definition) is 6. The van der Waals surface area contributed by atoms with Crippen LogP contribution in [-0.2, 0) is 0 Å². The van der Waals surface area contributed by atoms with Gasteiger partial charge in [-0.2, -0.15) is 9.80 Å². The van der Waals surface area contributed by atoms with E-state index in [2.05, 4.69) is 20.3 Å². The number of nitrogens with zero attached hydrogens (tertiary/aromatic N) is 4. The summed E-state index contributed by atoms with van der Waals surface area (Å²) in [5.74, 6) is 0.145. The number of thiazole rings is 1. The van der Waals surface area contributed by atoms with E-state index in [1.807, 2.05) is 35.7 Å². The maximum atomic E-state index is 12.7. The molecule has 2 N–H and O–H groups in total. The van der Waals surface area contributed by atoms with Crippen molar-refractivity contribution in [1.29, 1.82) is 0 Å². The summed E-state index contributed by atoms with van der Waals surface area (Å²) in [7, 11) is 0. The van der Waals surface area contributed by atoms with E-state index in [0.717, 1.165) is 11.3 Å². The van der Waals surface area contributed by atoms with Gasteiger partial charge >= 0.3 is 5.56 Å². The molecule has 0 saturated carbocycles. The van der Waals surface area contributed by atoms with Gasteiger partial charge in [0.05, 0.1) is 17.1 Å². The van der Waals surface area contributed by atoms with Crippen molar-refractivity contribution in [1.82, 2.24) is 14.8 Å². The van der Waals surface area contributed by atoms with Crippen molar-refractivity contribution in [3.05, 3.63) is 76.0 Å². The molecule has 27 heavy (non-hydrogen) atoms. The van der Waals surface area contributed by atoms with E-state index in [1.54, 1.807) is 19.1 Å². The molecular formula is C19H15N5O2S. The SMILES string of the molecule is Cc1[nH]n(-c2nc(-c3ccccc3)cs2)c(=O)c1N=Nc1ccc(O)cc1. The van der Waals surface area contributed by atoms with Crippen LogP contribution in [0.15, 0.2) is 75.0 Å². The quantitative estimate of drug-likeness (QED) is 0.504. The van der Waals surface area contributed by atoms with Crippen LogP contribution in [0.2, 0.25) is 0 Å². The zero-order valence-electron chi connectivity index (χ0n) is 14.3. The van der Waals surface area contributed by atoms with Gasteiger partial charge in [0.1, 0.15) is 5.75 Å². The number of aromatic nitrogens is 3. The van der Waals surface area contributed by atoms with Gasteiger partial charge in [-0.15, -0.1) is 16.5 Å². The predicted molar refractivity (Wildman–Crippen MR) is 105 cm³/mol. The molecule has 0 radical (unpaired) electrons. The second kappa shape index (κ2) is 7.00. The smallest absolute Gasteiger partial charge is 0.301 e. The van der Waals surface area contributed by atoms with Crippen LogP contribution in [0.3, 0.4) is 0 Å². The molecule has 2 aromatic heterocycles. The minimum atomic E-state index is -0.316. The Balaban J connectivity index is 1.66. The molecule has 0 aliphatic carbocycles. The molecular weight excluding hydrogens is 362 g/mol. The third-order valence-electron chi connectivity index (χ3n) is 3.91. The number of azo groups is 1. The molecule has 0 saturated heterocycles. The second-order valence-electron chi connectivity index (χ2n) is 5.82. The van der Waals surface area contributed by atoms with Gasteiger partial charge in [0.15, 0.2) is 5.69 Å². The minimum Gasteiger partial charge on any atom is -0.508 e. The molecule has 2 aromatic carbocycles. The van der Waals surface area contributed by atoms with Gasteiger partial charge in [0.25, 0.3) is 0 Å². The largest absolute Gasteiger partial charge is 0.508 e. The summed E-state index contributed by atoms with van der Waals surface area (Å²) >= 11 is 1.37. The highest BCUT2D eigenvalue weighted by molar-refractivity contribution is 7.12. The van der Waals surface area contributed by atoms with Gasteiger partial charge in [-0.3, -0.25) is 9.89 Å². The van der Waals surface area contributed by atoms with Crippen molar-refractivity contribution in [2.45, 2.75) is 6.92 Å². The van der Waals surface area contributed by atoms with E-state index in [1.165, 1.54) is 28.2 Å². The van der Waals surface area contributed by atoms with Crippen LogP contribution in [0.4, 0.5) is 11.4 Å². The fourth-order valence-corrected chi connectivity index (χ4v) is 3.32. The Kier molecular flexibility index (Phi) is 4.39. The van der Waals surface area contributed by atoms with Gasteiger partial charge in [0.2, 0.25) is 5.13 Å². The number of aromatic amines is 1. The number of hydrogen-bond donors (Lipinski definition) is 2. The molecule has 0 aliphatic heterocycles. The minimum absolute atomic E-state index is 0.145. The number of rotatable bonds is 4. The summed E-state index contributed by atoms with van der Waals surface area (Å²) in [6.07, 6.45) is 0. The molecule has 0 fully saturated rings. The Morgan fingerprint density at radius 2 is 1.81 bits per heavy atom. The summed E-state index contributed by atoms with van der Waals surface area (Å²) in [6, 6.07) is 16.0. The number of phenols is 1. The molecule has 134 valence electrons. The molecule has 0 amide bonds. The fraction of sp³-hybridized carbons (Fsp3) is 0.0526. The van der Waals surface area contributed by atoms with Crippen molar-refractivity contribution in [2.75, 3.05) is 0 Å². The fourth-order valence-electron chi connectivity index (χ4n) is 2.53. The first-order valence-electron chi connectivity index (χ1n) is 8.15. The lowest BCUT2D eigenvalue weighted by molar-refractivity contribution is 0.475. The summed E-state index contributed by atoms with van der Waals surface area (Å²) in [5.41, 5.74) is 2.84. The number of aromatic hydroxyl groups is 1. The number of aryl methyl sites for hydroxylation is 1. The monoisotopic (exact) mass is 377 g/mol. The Bertz CT molecular complexity index is 1160. The van der Waals surface area contributed by atoms with Crippen molar-refractivity contribution in [3.63, 3.8) is 0 Å². The molecule has 0 bridgehead atoms. The van der Waals surface area contributed by atoms with Gasteiger partial charge in [0, 0.05) is 10.9 Å². The molecule has 0 aliphatic rings. The van der Waals surface area contributed by atoms with Crippen LogP contribution in [0.5, 0.6) is 5.75 Å². The summed E-state index contributed by atoms with van der Waals surface area (Å²) in [5, 5.41) is 22.9. The van der Waals surface area contributed by atoms with Crippen LogP contribution in [0.25, 0.3) is 16.4 Å². The zero-order valence-corrected chi connectivity index (χ0v) is 15.1. The first-order valence-corrected chi connectivity index (χ1v) is 9.03. The molecule has 2 heterocycles. The van der Waals surface area contributed by atoms with Crippen LogP contribution >= 0.6 is 11.3 Å². The first-order chi connectivity index (χ1) is 13.1. The lowest BCUT2D eigenvalue weighted by Crippen LogP contribution is -2.13. The zero-order chi connectivity index (χ0) is 18.8. The summed E-state index contributed by atoms with van der Waals surface area (Å²) < 4.78 is 1.37. The summed E-state index contributed by atoms with van der Waals surface area (Å²) in [6.45, 7) is 1.76. The van der Waals surface area contributed by atoms with Crippen molar-refractivity contribution in [2.24, 2.45) is 10.2 Å². The third-order valence-corrected chi connectivity index (χ3v) is 4.73. The van der Waals surface area contributed by atoms with E-state index < -0.39 is 0 Å². The molecule has 0 atom stereocenters. The maximum Gasteiger partial charge on any atom is 0.301 e. The van der Waals surface area contributed by atoms with Crippen LogP contribution in [-0.4, -0.2) is 19.9 Å². The van der Waals surface area contributed by atoms with E-state index in [0.29, 0.717) is 16.5 Å². The standard InChI is InChI=1S/C19H15N5O2S/c1-12-17(22-21-14-7-9-15(25)10-8-14)18(26)24(23-12)19-20-16(11-27-19)13-5-3-2-4-6-13/h2-11,23,25H,1H3. The van der Waals surface area contributed by atoms with Gasteiger partial charge < -0.3 is 5.11 Å². The number of nitrogens with one attached hydrogen (secondary N) is 1. The molecule has 4 aromatic rings. The van der Waals surface area contributed by atoms with Crippen molar-refractivity contribution in [3.8, 4) is 22.1 Å². The van der Waals surface area contributed by atoms with Gasteiger partial charge in [-0.1, -0.05) is 30.3 Å². The highest BCUT2D eigenvalue weighted by Crippen LogP contribution is 2.25. The molecule has 0 unspecified atom stereocenters. The lowest BCUT2D eigenvalue weighted by atomic mass is 10.2. The predicted octanol–water partition coefficient (Wildman–Crippen LogP) is 4.72. The topological polar surface area (TPSA) is 95.6 Å². The average molecular weight is 377 g/mol. The highest BCUT2D eigenvalue weighted by atomic mass is 32.1. The van der Waals surface area contributed by atoms with Crippen molar-refractivity contribution >= 4 is 22.7 Å². The summed E-state index contributed by atoms with van der Waals surface area (Å²) in [4.78, 5) is 17.3. The van der Waals surface area contributed by atoms with E-state index in [4.69, 9.17) is 0 Å². The molecule has 8 heteroatoms. The number of phenolic OH excluding ortho intramolecular Hbond substituents is 1. The average Bonchev–Trinajstić information content (AvgIpc) is 3.27. The normalized spacial score (nSPS) is 11.3. The molecule has 7 nitrogen and oxygen atoms in total. The lowest BCUT2D eigenvalue weighted by Gasteiger charge is -1.95. The van der Waals surface area contributed by atoms with E-state index in [9.17, 15) is 9.90 Å². The highest BCUT2D eigenvalue weighted by Gasteiger charge is 2.15. The van der Waals surface area contributed by atoms with Gasteiger partial charge in [-0.25, -0.2) is 4.98 Å². The first kappa shape index (κ1) is 16.9. The Labute approximate surface area is 158 Å². The van der Waals surface area contributed by atoms with E-state index in [-0.39, 0.29) is 17.0 Å². The number of H-pyrrole nitrogens is 1. The second-order valence-corrected chi connectivity index (χ2v) is 6.66. The Morgan fingerprint density at radius 1 is 1.07 bits per heavy atom. The Morgan fingerprint density at radius 3 is 2.56 bits per heavy atom. The molecule has 4 rings (SSSR count). The van der Waals surface area contributed by atoms with Gasteiger partial charge in [-0.05, 0) is 31.2 Å². The third kappa shape index (κ3) is 3.42. The Hall–Kier alpha value is -3.52. The number of benzene rings is 2. The van der Waals surface area contributed by atoms with Crippen LogP contribution in [0.1, 0.15) is 5.69 Å².